The molecule has 3 fully saturated rings. The maximum atomic E-state index is 5.65. The van der Waals surface area contributed by atoms with Crippen LogP contribution in [0.25, 0.3) is 0 Å². The number of hydrogen-bond donors (Lipinski definition) is 2. The molecule has 0 aliphatic carbocycles. The van der Waals surface area contributed by atoms with E-state index in [1.165, 1.54) is 75.7 Å². The molecular formula is C28H41N7S. The van der Waals surface area contributed by atoms with Crippen LogP contribution in [0, 0.1) is 5.92 Å². The molecule has 3 aliphatic rings. The fourth-order valence-electron chi connectivity index (χ4n) is 5.63. The highest BCUT2D eigenvalue weighted by atomic mass is 32.1. The standard InChI is InChI=1S/C28H41N7S/c1-22-9-8-18-35(21-22)26-19-25(34-16-4-2-3-5-17-34)30-27(31-26)32-28(36)29-20-23-10-12-24(13-11-23)33-14-6-7-15-33/h10-13,19,22H,2-9,14-18,20-21H2,1H3,(H2,29,30,31,32,36)/t22-/m0/s1. The average molecular weight is 508 g/mol. The van der Waals surface area contributed by atoms with Crippen molar-refractivity contribution in [2.75, 3.05) is 59.3 Å². The fraction of sp³-hybridized carbons (Fsp3) is 0.607. The molecule has 194 valence electrons. The number of rotatable bonds is 6. The predicted molar refractivity (Wildman–Crippen MR) is 154 cm³/mol. The molecule has 2 N–H and O–H groups in total. The van der Waals surface area contributed by atoms with Gasteiger partial charge in [0.2, 0.25) is 5.95 Å². The van der Waals surface area contributed by atoms with Crippen molar-refractivity contribution in [3.63, 3.8) is 0 Å². The molecule has 8 heteroatoms. The summed E-state index contributed by atoms with van der Waals surface area (Å²) >= 11 is 5.65. The van der Waals surface area contributed by atoms with E-state index in [0.29, 0.717) is 23.5 Å². The lowest BCUT2D eigenvalue weighted by atomic mass is 10.0. The topological polar surface area (TPSA) is 59.6 Å². The number of aromatic nitrogens is 2. The predicted octanol–water partition coefficient (Wildman–Crippen LogP) is 5.18. The second-order valence-corrected chi connectivity index (χ2v) is 11.1. The van der Waals surface area contributed by atoms with Crippen LogP contribution in [0.1, 0.15) is 63.9 Å². The monoisotopic (exact) mass is 507 g/mol. The number of piperidine rings is 1. The van der Waals surface area contributed by atoms with Crippen LogP contribution in [0.4, 0.5) is 23.3 Å². The van der Waals surface area contributed by atoms with Crippen LogP contribution in [0.15, 0.2) is 30.3 Å². The quantitative estimate of drug-likeness (QED) is 0.519. The zero-order chi connectivity index (χ0) is 24.7. The van der Waals surface area contributed by atoms with Crippen molar-refractivity contribution in [2.24, 2.45) is 5.92 Å². The molecule has 5 rings (SSSR count). The van der Waals surface area contributed by atoms with Crippen molar-refractivity contribution in [3.05, 3.63) is 35.9 Å². The van der Waals surface area contributed by atoms with Gasteiger partial charge >= 0.3 is 0 Å². The minimum Gasteiger partial charge on any atom is -0.372 e. The van der Waals surface area contributed by atoms with Crippen LogP contribution in [0.2, 0.25) is 0 Å². The summed E-state index contributed by atoms with van der Waals surface area (Å²) < 4.78 is 0. The Kier molecular flexibility index (Phi) is 8.41. The van der Waals surface area contributed by atoms with E-state index in [9.17, 15) is 0 Å². The first-order valence-electron chi connectivity index (χ1n) is 13.9. The van der Waals surface area contributed by atoms with Crippen LogP contribution < -0.4 is 25.3 Å². The molecule has 4 heterocycles. The number of anilines is 4. The van der Waals surface area contributed by atoms with Gasteiger partial charge in [-0.05, 0) is 74.4 Å². The lowest BCUT2D eigenvalue weighted by Gasteiger charge is -2.33. The highest BCUT2D eigenvalue weighted by Crippen LogP contribution is 2.27. The molecule has 3 saturated heterocycles. The molecule has 2 aromatic rings. The van der Waals surface area contributed by atoms with E-state index in [1.807, 2.05) is 0 Å². The maximum Gasteiger partial charge on any atom is 0.232 e. The van der Waals surface area contributed by atoms with Gasteiger partial charge in [0.15, 0.2) is 5.11 Å². The fourth-order valence-corrected chi connectivity index (χ4v) is 5.79. The number of hydrogen-bond acceptors (Lipinski definition) is 6. The van der Waals surface area contributed by atoms with Crippen LogP contribution in [-0.2, 0) is 6.54 Å². The van der Waals surface area contributed by atoms with E-state index in [1.54, 1.807) is 0 Å². The third-order valence-electron chi connectivity index (χ3n) is 7.70. The summed E-state index contributed by atoms with van der Waals surface area (Å²) in [6.07, 6.45) is 10.1. The zero-order valence-electron chi connectivity index (χ0n) is 21.7. The third kappa shape index (κ3) is 6.58. The van der Waals surface area contributed by atoms with Crippen LogP contribution >= 0.6 is 12.2 Å². The van der Waals surface area contributed by atoms with Crippen molar-refractivity contribution in [2.45, 2.75) is 64.8 Å². The molecule has 1 atom stereocenters. The number of nitrogens with one attached hydrogen (secondary N) is 2. The Balaban J connectivity index is 1.25. The Morgan fingerprint density at radius 2 is 1.44 bits per heavy atom. The average Bonchev–Trinajstić information content (AvgIpc) is 3.30. The molecular weight excluding hydrogens is 466 g/mol. The van der Waals surface area contributed by atoms with Crippen molar-refractivity contribution in [1.29, 1.82) is 0 Å². The van der Waals surface area contributed by atoms with E-state index in [0.717, 1.165) is 37.8 Å². The number of benzene rings is 1. The molecule has 36 heavy (non-hydrogen) atoms. The van der Waals surface area contributed by atoms with Crippen molar-refractivity contribution < 1.29 is 0 Å². The summed E-state index contributed by atoms with van der Waals surface area (Å²) in [6.45, 7) is 9.56. The van der Waals surface area contributed by atoms with Gasteiger partial charge in [0, 0.05) is 57.6 Å². The van der Waals surface area contributed by atoms with E-state index in [2.05, 4.69) is 62.6 Å². The first-order chi connectivity index (χ1) is 17.6. The van der Waals surface area contributed by atoms with Crippen molar-refractivity contribution in [1.82, 2.24) is 15.3 Å². The smallest absolute Gasteiger partial charge is 0.232 e. The zero-order valence-corrected chi connectivity index (χ0v) is 22.5. The Morgan fingerprint density at radius 3 is 2.14 bits per heavy atom. The van der Waals surface area contributed by atoms with Gasteiger partial charge in [-0.3, -0.25) is 0 Å². The Morgan fingerprint density at radius 1 is 0.833 bits per heavy atom. The summed E-state index contributed by atoms with van der Waals surface area (Å²) in [5.74, 6) is 3.31. The van der Waals surface area contributed by atoms with Gasteiger partial charge in [0.05, 0.1) is 0 Å². The van der Waals surface area contributed by atoms with Gasteiger partial charge in [-0.15, -0.1) is 0 Å². The molecule has 0 amide bonds. The van der Waals surface area contributed by atoms with Gasteiger partial charge < -0.3 is 25.3 Å². The second-order valence-electron chi connectivity index (χ2n) is 10.7. The summed E-state index contributed by atoms with van der Waals surface area (Å²) in [6, 6.07) is 11.0. The summed E-state index contributed by atoms with van der Waals surface area (Å²) in [5.41, 5.74) is 2.53. The number of nitrogens with zero attached hydrogens (tertiary/aromatic N) is 5. The lowest BCUT2D eigenvalue weighted by molar-refractivity contribution is 0.444. The van der Waals surface area contributed by atoms with E-state index in [-0.39, 0.29) is 0 Å². The van der Waals surface area contributed by atoms with Gasteiger partial charge in [-0.2, -0.15) is 9.97 Å². The first-order valence-corrected chi connectivity index (χ1v) is 14.3. The SMILES string of the molecule is C[C@H]1CCCN(c2cc(N3CCCCCC3)nc(NC(=S)NCc3ccc(N4CCCC4)cc3)n2)C1. The Bertz CT molecular complexity index is 977. The molecule has 1 aromatic heterocycles. The molecule has 1 aromatic carbocycles. The molecule has 3 aliphatic heterocycles. The summed E-state index contributed by atoms with van der Waals surface area (Å²) in [5, 5.41) is 7.20. The highest BCUT2D eigenvalue weighted by molar-refractivity contribution is 7.80. The first kappa shape index (κ1) is 25.1. The summed E-state index contributed by atoms with van der Waals surface area (Å²) in [7, 11) is 0. The summed E-state index contributed by atoms with van der Waals surface area (Å²) in [4.78, 5) is 17.1. The lowest BCUT2D eigenvalue weighted by Crippen LogP contribution is -2.36. The highest BCUT2D eigenvalue weighted by Gasteiger charge is 2.21. The van der Waals surface area contributed by atoms with E-state index in [4.69, 9.17) is 22.2 Å². The molecule has 0 saturated carbocycles. The van der Waals surface area contributed by atoms with Crippen LogP contribution in [0.3, 0.4) is 0 Å². The Hall–Kier alpha value is -2.61. The normalized spacial score (nSPS) is 20.8. The van der Waals surface area contributed by atoms with Crippen LogP contribution in [0.5, 0.6) is 0 Å². The minimum atomic E-state index is 0.560. The second kappa shape index (κ2) is 12.1. The molecule has 0 spiro atoms. The van der Waals surface area contributed by atoms with Gasteiger partial charge in [-0.25, -0.2) is 0 Å². The van der Waals surface area contributed by atoms with Gasteiger partial charge in [0.1, 0.15) is 11.6 Å². The molecule has 0 bridgehead atoms. The van der Waals surface area contributed by atoms with Crippen molar-refractivity contribution >= 4 is 40.6 Å². The van der Waals surface area contributed by atoms with E-state index >= 15 is 0 Å². The maximum absolute atomic E-state index is 5.65. The van der Waals surface area contributed by atoms with E-state index < -0.39 is 0 Å². The molecule has 0 unspecified atom stereocenters. The Labute approximate surface area is 221 Å². The third-order valence-corrected chi connectivity index (χ3v) is 7.94. The minimum absolute atomic E-state index is 0.560. The van der Waals surface area contributed by atoms with Crippen molar-refractivity contribution in [3.8, 4) is 0 Å². The van der Waals surface area contributed by atoms with Gasteiger partial charge in [0.25, 0.3) is 0 Å². The van der Waals surface area contributed by atoms with Crippen LogP contribution in [-0.4, -0.2) is 54.3 Å². The van der Waals surface area contributed by atoms with Gasteiger partial charge in [-0.1, -0.05) is 31.9 Å². The molecule has 7 nitrogen and oxygen atoms in total. The number of thiocarbonyl (C=S) groups is 1. The largest absolute Gasteiger partial charge is 0.372 e. The molecule has 0 radical (unpaired) electrons.